The van der Waals surface area contributed by atoms with E-state index in [1.54, 1.807) is 6.08 Å². The van der Waals surface area contributed by atoms with E-state index < -0.39 is 0 Å². The molecule has 0 aromatic heterocycles. The molecule has 0 saturated heterocycles. The molecule has 20 heavy (non-hydrogen) atoms. The molecule has 1 unspecified atom stereocenters. The largest absolute Gasteiger partial charge is 0.508 e. The zero-order valence-corrected chi connectivity index (χ0v) is 12.1. The van der Waals surface area contributed by atoms with E-state index in [1.165, 1.54) is 0 Å². The zero-order valence-electron chi connectivity index (χ0n) is 12.1. The van der Waals surface area contributed by atoms with Gasteiger partial charge >= 0.3 is 0 Å². The maximum Gasteiger partial charge on any atom is 0.253 e. The van der Waals surface area contributed by atoms with Crippen molar-refractivity contribution in [1.29, 1.82) is 0 Å². The molecule has 1 aliphatic carbocycles. The van der Waals surface area contributed by atoms with Crippen molar-refractivity contribution < 1.29 is 9.90 Å². The molecular weight excluding hydrogens is 252 g/mol. The Morgan fingerprint density at radius 3 is 2.90 bits per heavy atom. The minimum atomic E-state index is 0.00951. The van der Waals surface area contributed by atoms with Crippen LogP contribution < -0.4 is 5.32 Å². The first-order valence-electron chi connectivity index (χ1n) is 7.11. The molecule has 0 aromatic rings. The Bertz CT molecular complexity index is 583. The van der Waals surface area contributed by atoms with Gasteiger partial charge in [0.15, 0.2) is 0 Å². The minimum absolute atomic E-state index is 0.00951. The third-order valence-electron chi connectivity index (χ3n) is 4.54. The number of nitrogens with zero attached hydrogens (tertiary/aromatic N) is 1. The van der Waals surface area contributed by atoms with Gasteiger partial charge in [0.2, 0.25) is 0 Å². The van der Waals surface area contributed by atoms with Gasteiger partial charge in [-0.15, -0.1) is 0 Å². The lowest BCUT2D eigenvalue weighted by Crippen LogP contribution is -2.42. The molecule has 2 aliphatic heterocycles. The van der Waals surface area contributed by atoms with Crippen LogP contribution in [0.3, 0.4) is 0 Å². The Kier molecular flexibility index (Phi) is 2.96. The van der Waals surface area contributed by atoms with Crippen LogP contribution in [0.1, 0.15) is 20.3 Å². The van der Waals surface area contributed by atoms with E-state index in [-0.39, 0.29) is 23.8 Å². The number of carbonyl (C=O) groups is 1. The number of amides is 1. The topological polar surface area (TPSA) is 52.6 Å². The van der Waals surface area contributed by atoms with Gasteiger partial charge in [-0.25, -0.2) is 0 Å². The molecule has 0 spiro atoms. The summed E-state index contributed by atoms with van der Waals surface area (Å²) in [6, 6.07) is 0.0738. The molecule has 2 N–H and O–H groups in total. The third-order valence-corrected chi connectivity index (χ3v) is 4.54. The summed E-state index contributed by atoms with van der Waals surface area (Å²) >= 11 is 0. The highest BCUT2D eigenvalue weighted by molar-refractivity contribution is 6.01. The number of allylic oxidation sites excluding steroid dienone is 1. The quantitative estimate of drug-likeness (QED) is 0.809. The van der Waals surface area contributed by atoms with E-state index >= 15 is 0 Å². The Labute approximate surface area is 119 Å². The van der Waals surface area contributed by atoms with Crippen LogP contribution in [-0.4, -0.2) is 35.0 Å². The molecule has 0 fully saturated rings. The van der Waals surface area contributed by atoms with Crippen LogP contribution in [0, 0.1) is 5.92 Å². The first-order valence-corrected chi connectivity index (χ1v) is 7.11. The Morgan fingerprint density at radius 2 is 2.20 bits per heavy atom. The zero-order chi connectivity index (χ0) is 14.4. The molecule has 2 heterocycles. The second kappa shape index (κ2) is 4.54. The van der Waals surface area contributed by atoms with Gasteiger partial charge in [0.25, 0.3) is 5.91 Å². The molecule has 3 aliphatic rings. The maximum absolute atomic E-state index is 12.2. The molecule has 0 aromatic carbocycles. The summed E-state index contributed by atoms with van der Waals surface area (Å²) in [6.07, 6.45) is 8.34. The van der Waals surface area contributed by atoms with Crippen molar-refractivity contribution in [2.24, 2.45) is 5.92 Å². The van der Waals surface area contributed by atoms with Crippen LogP contribution in [0.2, 0.25) is 0 Å². The summed E-state index contributed by atoms with van der Waals surface area (Å²) in [5.74, 6) is 0.677. The van der Waals surface area contributed by atoms with Gasteiger partial charge in [-0.05, 0) is 29.7 Å². The molecule has 0 saturated carbocycles. The van der Waals surface area contributed by atoms with Gasteiger partial charge < -0.3 is 15.3 Å². The lowest BCUT2D eigenvalue weighted by molar-refractivity contribution is -0.117. The molecular formula is C16H20N2O2. The van der Waals surface area contributed by atoms with Gasteiger partial charge in [-0.3, -0.25) is 4.79 Å². The first-order chi connectivity index (χ1) is 9.52. The normalized spacial score (nSPS) is 29.6. The van der Waals surface area contributed by atoms with E-state index in [0.717, 1.165) is 23.3 Å². The SMILES string of the molecule is CC[C@@H](C)[C@@H]1NC(=O)C2=C1N(C)C1C=C(O)C=CC1=C2. The highest BCUT2D eigenvalue weighted by Gasteiger charge is 2.40. The second-order valence-corrected chi connectivity index (χ2v) is 5.76. The number of hydrogen-bond acceptors (Lipinski definition) is 3. The van der Waals surface area contributed by atoms with E-state index in [9.17, 15) is 9.90 Å². The van der Waals surface area contributed by atoms with Crippen LogP contribution in [0.4, 0.5) is 0 Å². The van der Waals surface area contributed by atoms with Gasteiger partial charge in [0, 0.05) is 12.7 Å². The monoisotopic (exact) mass is 272 g/mol. The average molecular weight is 272 g/mol. The van der Waals surface area contributed by atoms with Crippen LogP contribution >= 0.6 is 0 Å². The molecule has 3 rings (SSSR count). The standard InChI is InChI=1S/C16H20N2O2/c1-4-9(2)14-15-12(16(20)17-14)7-10-5-6-11(19)8-13(10)18(15)3/h5-9,13-14,19H,4H2,1-3H3,(H,17,20)/t9-,13?,14+/m1/s1. The van der Waals surface area contributed by atoms with Crippen molar-refractivity contribution in [3.05, 3.63) is 46.9 Å². The fraction of sp³-hybridized carbons (Fsp3) is 0.438. The third kappa shape index (κ3) is 1.79. The molecule has 4 heteroatoms. The number of nitrogens with one attached hydrogen (secondary N) is 1. The van der Waals surface area contributed by atoms with Gasteiger partial charge in [0.05, 0.1) is 17.7 Å². The number of hydrogen-bond donors (Lipinski definition) is 2. The highest BCUT2D eigenvalue weighted by atomic mass is 16.3. The summed E-state index contributed by atoms with van der Waals surface area (Å²) < 4.78 is 0. The number of fused-ring (bicyclic) bond motifs is 1. The lowest BCUT2D eigenvalue weighted by atomic mass is 9.88. The average Bonchev–Trinajstić information content (AvgIpc) is 2.77. The van der Waals surface area contributed by atoms with Crippen molar-refractivity contribution in [2.75, 3.05) is 7.05 Å². The van der Waals surface area contributed by atoms with Crippen LogP contribution in [0.5, 0.6) is 0 Å². The molecule has 4 nitrogen and oxygen atoms in total. The molecule has 3 atom stereocenters. The summed E-state index contributed by atoms with van der Waals surface area (Å²) in [6.45, 7) is 4.29. The fourth-order valence-electron chi connectivity index (χ4n) is 3.15. The van der Waals surface area contributed by atoms with Gasteiger partial charge in [-0.2, -0.15) is 0 Å². The molecule has 1 amide bonds. The lowest BCUT2D eigenvalue weighted by Gasteiger charge is -2.37. The predicted octanol–water partition coefficient (Wildman–Crippen LogP) is 2.04. The first kappa shape index (κ1) is 13.0. The maximum atomic E-state index is 12.2. The molecule has 106 valence electrons. The second-order valence-electron chi connectivity index (χ2n) is 5.76. The van der Waals surface area contributed by atoms with Gasteiger partial charge in [-0.1, -0.05) is 26.3 Å². The highest BCUT2D eigenvalue weighted by Crippen LogP contribution is 2.36. The van der Waals surface area contributed by atoms with E-state index in [0.29, 0.717) is 5.92 Å². The molecule has 0 radical (unpaired) electrons. The predicted molar refractivity (Wildman–Crippen MR) is 77.9 cm³/mol. The Hall–Kier alpha value is -1.97. The van der Waals surface area contributed by atoms with E-state index in [1.807, 2.05) is 25.3 Å². The number of likely N-dealkylation sites (N-methyl/N-ethyl adjacent to an activating group) is 1. The van der Waals surface area contributed by atoms with Crippen LogP contribution in [0.15, 0.2) is 46.9 Å². The number of rotatable bonds is 2. The summed E-state index contributed by atoms with van der Waals surface area (Å²) in [7, 11) is 1.99. The van der Waals surface area contributed by atoms with Crippen molar-refractivity contribution in [1.82, 2.24) is 10.2 Å². The van der Waals surface area contributed by atoms with E-state index in [4.69, 9.17) is 0 Å². The van der Waals surface area contributed by atoms with Gasteiger partial charge in [0.1, 0.15) is 5.76 Å². The summed E-state index contributed by atoms with van der Waals surface area (Å²) in [5, 5.41) is 12.8. The van der Waals surface area contributed by atoms with Crippen LogP contribution in [-0.2, 0) is 4.79 Å². The van der Waals surface area contributed by atoms with Crippen LogP contribution in [0.25, 0.3) is 0 Å². The number of aliphatic hydroxyl groups is 1. The summed E-state index contributed by atoms with van der Waals surface area (Å²) in [4.78, 5) is 14.3. The van der Waals surface area contributed by atoms with Crippen molar-refractivity contribution in [3.8, 4) is 0 Å². The number of aliphatic hydroxyl groups excluding tert-OH is 1. The van der Waals surface area contributed by atoms with Crippen molar-refractivity contribution >= 4 is 5.91 Å². The Morgan fingerprint density at radius 1 is 1.45 bits per heavy atom. The molecule has 0 bridgehead atoms. The van der Waals surface area contributed by atoms with E-state index in [2.05, 4.69) is 24.1 Å². The smallest absolute Gasteiger partial charge is 0.253 e. The number of carbonyl (C=O) groups excluding carboxylic acids is 1. The van der Waals surface area contributed by atoms with Crippen molar-refractivity contribution in [2.45, 2.75) is 32.4 Å². The fourth-order valence-corrected chi connectivity index (χ4v) is 3.15. The summed E-state index contributed by atoms with van der Waals surface area (Å²) in [5.41, 5.74) is 2.87. The van der Waals surface area contributed by atoms with Crippen molar-refractivity contribution in [3.63, 3.8) is 0 Å². The Balaban J connectivity index is 2.05. The minimum Gasteiger partial charge on any atom is -0.508 e.